The van der Waals surface area contributed by atoms with Crippen molar-refractivity contribution in [1.82, 2.24) is 0 Å². The van der Waals surface area contributed by atoms with E-state index in [0.717, 1.165) is 16.7 Å². The average Bonchev–Trinajstić information content (AvgIpc) is 2.46. The van der Waals surface area contributed by atoms with Gasteiger partial charge in [-0.15, -0.1) is 0 Å². The minimum Gasteiger partial charge on any atom is -0.478 e. The van der Waals surface area contributed by atoms with Gasteiger partial charge in [0.15, 0.2) is 0 Å². The molecule has 0 saturated carbocycles. The molecule has 2 heteroatoms. The molecule has 2 aromatic rings. The van der Waals surface area contributed by atoms with Gasteiger partial charge in [0, 0.05) is 0 Å². The van der Waals surface area contributed by atoms with E-state index in [0.29, 0.717) is 11.5 Å². The summed E-state index contributed by atoms with van der Waals surface area (Å²) < 4.78 is 0. The molecule has 1 N–H and O–H groups in total. The predicted molar refractivity (Wildman–Crippen MR) is 87.0 cm³/mol. The van der Waals surface area contributed by atoms with Crippen LogP contribution in [0, 0.1) is 0 Å². The SMILES string of the molecule is CC(C)c1ccc(-c2c(C(=O)O)cccc2C(C)C)cc1. The van der Waals surface area contributed by atoms with Crippen LogP contribution in [0.4, 0.5) is 0 Å². The Balaban J connectivity index is 2.63. The number of carboxylic acids is 1. The lowest BCUT2D eigenvalue weighted by molar-refractivity contribution is 0.0697. The van der Waals surface area contributed by atoms with Crippen LogP contribution in [0.3, 0.4) is 0 Å². The molecule has 0 heterocycles. The first kappa shape index (κ1) is 15.3. The third-order valence-electron chi connectivity index (χ3n) is 3.82. The van der Waals surface area contributed by atoms with E-state index >= 15 is 0 Å². The van der Waals surface area contributed by atoms with Crippen LogP contribution in [0.2, 0.25) is 0 Å². The quantitative estimate of drug-likeness (QED) is 0.826. The van der Waals surface area contributed by atoms with Crippen molar-refractivity contribution in [3.63, 3.8) is 0 Å². The van der Waals surface area contributed by atoms with Crippen LogP contribution in [0.15, 0.2) is 42.5 Å². The lowest BCUT2D eigenvalue weighted by atomic mass is 9.88. The van der Waals surface area contributed by atoms with Crippen molar-refractivity contribution in [3.05, 3.63) is 59.2 Å². The van der Waals surface area contributed by atoms with E-state index in [-0.39, 0.29) is 5.92 Å². The number of hydrogen-bond acceptors (Lipinski definition) is 1. The largest absolute Gasteiger partial charge is 0.478 e. The molecular weight excluding hydrogens is 260 g/mol. The van der Waals surface area contributed by atoms with Crippen LogP contribution in [-0.4, -0.2) is 11.1 Å². The second-order valence-corrected chi connectivity index (χ2v) is 6.01. The Bertz CT molecular complexity index is 637. The van der Waals surface area contributed by atoms with Gasteiger partial charge < -0.3 is 5.11 Å². The smallest absolute Gasteiger partial charge is 0.336 e. The van der Waals surface area contributed by atoms with E-state index in [9.17, 15) is 9.90 Å². The molecule has 0 aliphatic carbocycles. The molecule has 0 saturated heterocycles. The Morgan fingerprint density at radius 3 is 2.00 bits per heavy atom. The van der Waals surface area contributed by atoms with E-state index in [1.165, 1.54) is 5.56 Å². The molecule has 21 heavy (non-hydrogen) atoms. The summed E-state index contributed by atoms with van der Waals surface area (Å²) in [5.74, 6) is -0.122. The predicted octanol–water partition coefficient (Wildman–Crippen LogP) is 5.30. The zero-order valence-electron chi connectivity index (χ0n) is 13.1. The summed E-state index contributed by atoms with van der Waals surface area (Å²) in [5.41, 5.74) is 4.53. The summed E-state index contributed by atoms with van der Waals surface area (Å²) in [6.45, 7) is 8.49. The minimum absolute atomic E-state index is 0.282. The van der Waals surface area contributed by atoms with Crippen molar-refractivity contribution in [2.24, 2.45) is 0 Å². The molecular formula is C19H22O2. The standard InChI is InChI=1S/C19H22O2/c1-12(2)14-8-10-15(11-9-14)18-16(13(3)4)6-5-7-17(18)19(20)21/h5-13H,1-4H3,(H,20,21). The molecule has 0 unspecified atom stereocenters. The first-order valence-corrected chi connectivity index (χ1v) is 7.38. The van der Waals surface area contributed by atoms with Gasteiger partial charge in [0.1, 0.15) is 0 Å². The van der Waals surface area contributed by atoms with E-state index < -0.39 is 5.97 Å². The van der Waals surface area contributed by atoms with Gasteiger partial charge >= 0.3 is 5.97 Å². The second-order valence-electron chi connectivity index (χ2n) is 6.01. The van der Waals surface area contributed by atoms with Crippen LogP contribution in [0.1, 0.15) is 61.0 Å². The molecule has 0 spiro atoms. The van der Waals surface area contributed by atoms with Crippen LogP contribution in [0.5, 0.6) is 0 Å². The summed E-state index contributed by atoms with van der Waals surface area (Å²) in [6.07, 6.45) is 0. The van der Waals surface area contributed by atoms with Crippen molar-refractivity contribution >= 4 is 5.97 Å². The molecule has 0 aliphatic rings. The van der Waals surface area contributed by atoms with Gasteiger partial charge in [-0.05, 0) is 40.2 Å². The van der Waals surface area contributed by atoms with E-state index in [1.807, 2.05) is 24.3 Å². The second kappa shape index (κ2) is 6.13. The van der Waals surface area contributed by atoms with Crippen LogP contribution in [-0.2, 0) is 0 Å². The third kappa shape index (κ3) is 3.15. The highest BCUT2D eigenvalue weighted by Crippen LogP contribution is 2.33. The van der Waals surface area contributed by atoms with Gasteiger partial charge in [0.2, 0.25) is 0 Å². The number of carbonyl (C=O) groups is 1. The summed E-state index contributed by atoms with van der Waals surface area (Å²) in [5, 5.41) is 9.48. The van der Waals surface area contributed by atoms with Crippen LogP contribution in [0.25, 0.3) is 11.1 Å². The van der Waals surface area contributed by atoms with E-state index in [1.54, 1.807) is 6.07 Å². The number of benzene rings is 2. The summed E-state index contributed by atoms with van der Waals surface area (Å²) in [6, 6.07) is 13.8. The van der Waals surface area contributed by atoms with Crippen molar-refractivity contribution in [2.45, 2.75) is 39.5 Å². The van der Waals surface area contributed by atoms with Crippen LogP contribution >= 0.6 is 0 Å². The molecule has 0 aliphatic heterocycles. The maximum atomic E-state index is 11.5. The molecule has 2 nitrogen and oxygen atoms in total. The molecule has 2 aromatic carbocycles. The van der Waals surface area contributed by atoms with E-state index in [2.05, 4.69) is 39.8 Å². The normalized spacial score (nSPS) is 11.1. The number of rotatable bonds is 4. The Labute approximate surface area is 126 Å². The molecule has 0 radical (unpaired) electrons. The summed E-state index contributed by atoms with van der Waals surface area (Å²) in [4.78, 5) is 11.5. The minimum atomic E-state index is -0.875. The van der Waals surface area contributed by atoms with Crippen LogP contribution < -0.4 is 0 Å². The zero-order valence-corrected chi connectivity index (χ0v) is 13.1. The monoisotopic (exact) mass is 282 g/mol. The topological polar surface area (TPSA) is 37.3 Å². The van der Waals surface area contributed by atoms with Crippen molar-refractivity contribution in [2.75, 3.05) is 0 Å². The fraction of sp³-hybridized carbons (Fsp3) is 0.316. The summed E-state index contributed by atoms with van der Waals surface area (Å²) in [7, 11) is 0. The fourth-order valence-corrected chi connectivity index (χ4v) is 2.59. The lowest BCUT2D eigenvalue weighted by Crippen LogP contribution is -2.04. The Kier molecular flexibility index (Phi) is 4.46. The number of hydrogen-bond donors (Lipinski definition) is 1. The highest BCUT2D eigenvalue weighted by molar-refractivity contribution is 5.97. The van der Waals surface area contributed by atoms with Crippen molar-refractivity contribution in [1.29, 1.82) is 0 Å². The first-order valence-electron chi connectivity index (χ1n) is 7.38. The molecule has 0 atom stereocenters. The van der Waals surface area contributed by atoms with Gasteiger partial charge in [0.05, 0.1) is 5.56 Å². The molecule has 0 fully saturated rings. The molecule has 0 aromatic heterocycles. The highest BCUT2D eigenvalue weighted by Gasteiger charge is 2.17. The average molecular weight is 282 g/mol. The Hall–Kier alpha value is -2.09. The Morgan fingerprint density at radius 2 is 1.52 bits per heavy atom. The maximum Gasteiger partial charge on any atom is 0.336 e. The number of carboxylic acid groups (broad SMARTS) is 1. The third-order valence-corrected chi connectivity index (χ3v) is 3.82. The van der Waals surface area contributed by atoms with Gasteiger partial charge in [-0.2, -0.15) is 0 Å². The maximum absolute atomic E-state index is 11.5. The molecule has 0 amide bonds. The van der Waals surface area contributed by atoms with Gasteiger partial charge in [-0.1, -0.05) is 64.1 Å². The van der Waals surface area contributed by atoms with Gasteiger partial charge in [-0.25, -0.2) is 4.79 Å². The lowest BCUT2D eigenvalue weighted by Gasteiger charge is -2.16. The van der Waals surface area contributed by atoms with Gasteiger partial charge in [-0.3, -0.25) is 0 Å². The molecule has 2 rings (SSSR count). The number of aromatic carboxylic acids is 1. The summed E-state index contributed by atoms with van der Waals surface area (Å²) >= 11 is 0. The van der Waals surface area contributed by atoms with Crippen molar-refractivity contribution < 1.29 is 9.90 Å². The fourth-order valence-electron chi connectivity index (χ4n) is 2.59. The Morgan fingerprint density at radius 1 is 0.905 bits per heavy atom. The van der Waals surface area contributed by atoms with Gasteiger partial charge in [0.25, 0.3) is 0 Å². The first-order chi connectivity index (χ1) is 9.91. The van der Waals surface area contributed by atoms with E-state index in [4.69, 9.17) is 0 Å². The zero-order chi connectivity index (χ0) is 15.6. The molecule has 110 valence electrons. The molecule has 0 bridgehead atoms. The van der Waals surface area contributed by atoms with Crippen molar-refractivity contribution in [3.8, 4) is 11.1 Å². The highest BCUT2D eigenvalue weighted by atomic mass is 16.4.